The Hall–Kier alpha value is -0.780. The number of hydrogen-bond acceptors (Lipinski definition) is 3. The molecule has 0 radical (unpaired) electrons. The van der Waals surface area contributed by atoms with Crippen molar-refractivity contribution in [1.82, 2.24) is 4.31 Å². The Balaban J connectivity index is 2.37. The molecule has 0 atom stereocenters. The average Bonchev–Trinajstić information content (AvgIpc) is 2.61. The van der Waals surface area contributed by atoms with E-state index in [1.807, 2.05) is 0 Å². The number of halogens is 1. The Morgan fingerprint density at radius 1 is 1.11 bits per heavy atom. The van der Waals surface area contributed by atoms with E-state index in [0.29, 0.717) is 18.8 Å². The van der Waals surface area contributed by atoms with Gasteiger partial charge in [0.1, 0.15) is 4.90 Å². The first-order valence-electron chi connectivity index (χ1n) is 6.07. The molecular formula is C12H17ClN2O2S. The molecule has 1 aromatic rings. The van der Waals surface area contributed by atoms with Crippen LogP contribution in [0.1, 0.15) is 25.7 Å². The van der Waals surface area contributed by atoms with Gasteiger partial charge in [-0.25, -0.2) is 8.42 Å². The highest BCUT2D eigenvalue weighted by atomic mass is 35.5. The summed E-state index contributed by atoms with van der Waals surface area (Å²) >= 11 is 5.98. The highest BCUT2D eigenvalue weighted by Gasteiger charge is 2.27. The van der Waals surface area contributed by atoms with Gasteiger partial charge in [-0.2, -0.15) is 4.31 Å². The normalized spacial score (nSPS) is 18.5. The molecule has 0 aromatic heterocycles. The summed E-state index contributed by atoms with van der Waals surface area (Å²) < 4.78 is 26.5. The molecule has 0 spiro atoms. The zero-order valence-electron chi connectivity index (χ0n) is 10.1. The summed E-state index contributed by atoms with van der Waals surface area (Å²) in [7, 11) is -3.52. The minimum atomic E-state index is -3.52. The highest BCUT2D eigenvalue weighted by molar-refractivity contribution is 7.89. The molecule has 0 aliphatic carbocycles. The molecule has 2 rings (SSSR count). The lowest BCUT2D eigenvalue weighted by atomic mass is 10.2. The van der Waals surface area contributed by atoms with Crippen LogP contribution in [0, 0.1) is 0 Å². The van der Waals surface area contributed by atoms with Crippen molar-refractivity contribution in [3.8, 4) is 0 Å². The molecule has 1 heterocycles. The van der Waals surface area contributed by atoms with E-state index in [1.54, 1.807) is 6.07 Å². The number of sulfonamides is 1. The van der Waals surface area contributed by atoms with Gasteiger partial charge in [0.2, 0.25) is 10.0 Å². The fraction of sp³-hybridized carbons (Fsp3) is 0.500. The molecule has 1 saturated heterocycles. The van der Waals surface area contributed by atoms with Crippen molar-refractivity contribution in [1.29, 1.82) is 0 Å². The number of nitrogens with two attached hydrogens (primary N) is 1. The lowest BCUT2D eigenvalue weighted by Gasteiger charge is -2.20. The van der Waals surface area contributed by atoms with Crippen LogP contribution in [0.3, 0.4) is 0 Å². The van der Waals surface area contributed by atoms with Gasteiger partial charge in [-0.15, -0.1) is 0 Å². The molecule has 0 unspecified atom stereocenters. The van der Waals surface area contributed by atoms with Gasteiger partial charge >= 0.3 is 0 Å². The van der Waals surface area contributed by atoms with Crippen LogP contribution in [0.2, 0.25) is 5.02 Å². The molecule has 1 aliphatic rings. The molecule has 0 bridgehead atoms. The smallest absolute Gasteiger partial charge is 0.244 e. The SMILES string of the molecule is Nc1ccc(Cl)c(S(=O)(=O)N2CCCCCC2)c1. The predicted octanol–water partition coefficient (Wildman–Crippen LogP) is 2.49. The van der Waals surface area contributed by atoms with E-state index in [2.05, 4.69) is 0 Å². The standard InChI is InChI=1S/C12H17ClN2O2S/c13-11-6-5-10(14)9-12(11)18(16,17)15-7-3-1-2-4-8-15/h5-6,9H,1-4,7-8,14H2. The van der Waals surface area contributed by atoms with E-state index in [-0.39, 0.29) is 9.92 Å². The van der Waals surface area contributed by atoms with E-state index >= 15 is 0 Å². The van der Waals surface area contributed by atoms with Crippen LogP contribution >= 0.6 is 11.6 Å². The van der Waals surface area contributed by atoms with E-state index in [1.165, 1.54) is 16.4 Å². The molecular weight excluding hydrogens is 272 g/mol. The maximum absolute atomic E-state index is 12.5. The van der Waals surface area contributed by atoms with E-state index < -0.39 is 10.0 Å². The number of anilines is 1. The van der Waals surface area contributed by atoms with Gasteiger partial charge in [-0.05, 0) is 31.0 Å². The lowest BCUT2D eigenvalue weighted by Crippen LogP contribution is -2.32. The van der Waals surface area contributed by atoms with Gasteiger partial charge in [0.15, 0.2) is 0 Å². The first-order chi connectivity index (χ1) is 8.51. The topological polar surface area (TPSA) is 63.4 Å². The van der Waals surface area contributed by atoms with Crippen LogP contribution in [0.25, 0.3) is 0 Å². The van der Waals surface area contributed by atoms with Crippen LogP contribution in [-0.2, 0) is 10.0 Å². The molecule has 6 heteroatoms. The third kappa shape index (κ3) is 2.79. The molecule has 4 nitrogen and oxygen atoms in total. The zero-order chi connectivity index (χ0) is 13.2. The molecule has 0 amide bonds. The fourth-order valence-electron chi connectivity index (χ4n) is 2.14. The van der Waals surface area contributed by atoms with Crippen molar-refractivity contribution in [3.63, 3.8) is 0 Å². The Kier molecular flexibility index (Phi) is 4.14. The molecule has 1 aliphatic heterocycles. The van der Waals surface area contributed by atoms with Crippen molar-refractivity contribution in [2.75, 3.05) is 18.8 Å². The first-order valence-corrected chi connectivity index (χ1v) is 7.89. The predicted molar refractivity (Wildman–Crippen MR) is 73.1 cm³/mol. The van der Waals surface area contributed by atoms with E-state index in [4.69, 9.17) is 17.3 Å². The second-order valence-electron chi connectivity index (χ2n) is 4.51. The molecule has 18 heavy (non-hydrogen) atoms. The van der Waals surface area contributed by atoms with Gasteiger partial charge < -0.3 is 5.73 Å². The van der Waals surface area contributed by atoms with Crippen molar-refractivity contribution in [2.45, 2.75) is 30.6 Å². The monoisotopic (exact) mass is 288 g/mol. The summed E-state index contributed by atoms with van der Waals surface area (Å²) in [5, 5.41) is 0.230. The summed E-state index contributed by atoms with van der Waals surface area (Å²) in [6.45, 7) is 1.13. The Morgan fingerprint density at radius 2 is 1.72 bits per heavy atom. The molecule has 0 saturated carbocycles. The largest absolute Gasteiger partial charge is 0.399 e. The summed E-state index contributed by atoms with van der Waals surface area (Å²) in [6.07, 6.45) is 3.96. The summed E-state index contributed by atoms with van der Waals surface area (Å²) in [6, 6.07) is 4.56. The molecule has 2 N–H and O–H groups in total. The lowest BCUT2D eigenvalue weighted by molar-refractivity contribution is 0.424. The average molecular weight is 289 g/mol. The maximum atomic E-state index is 12.5. The Bertz CT molecular complexity index is 523. The number of benzene rings is 1. The van der Waals surface area contributed by atoms with E-state index in [9.17, 15) is 8.42 Å². The van der Waals surface area contributed by atoms with Crippen LogP contribution in [0.15, 0.2) is 23.1 Å². The van der Waals surface area contributed by atoms with Crippen molar-refractivity contribution in [3.05, 3.63) is 23.2 Å². The van der Waals surface area contributed by atoms with Crippen molar-refractivity contribution in [2.24, 2.45) is 0 Å². The third-order valence-corrected chi connectivity index (χ3v) is 5.52. The van der Waals surface area contributed by atoms with Crippen LogP contribution in [0.5, 0.6) is 0 Å². The van der Waals surface area contributed by atoms with Crippen LogP contribution < -0.4 is 5.73 Å². The first kappa shape index (κ1) is 13.6. The van der Waals surface area contributed by atoms with E-state index in [0.717, 1.165) is 25.7 Å². The minimum Gasteiger partial charge on any atom is -0.399 e. The van der Waals surface area contributed by atoms with Gasteiger partial charge in [0.05, 0.1) is 5.02 Å². The minimum absolute atomic E-state index is 0.117. The van der Waals surface area contributed by atoms with Gasteiger partial charge in [-0.3, -0.25) is 0 Å². The van der Waals surface area contributed by atoms with Gasteiger partial charge in [-0.1, -0.05) is 24.4 Å². The summed E-state index contributed by atoms with van der Waals surface area (Å²) in [5.74, 6) is 0. The fourth-order valence-corrected chi connectivity index (χ4v) is 4.17. The molecule has 1 aromatic carbocycles. The Morgan fingerprint density at radius 3 is 2.33 bits per heavy atom. The number of nitrogens with zero attached hydrogens (tertiary/aromatic N) is 1. The van der Waals surface area contributed by atoms with Crippen LogP contribution in [0.4, 0.5) is 5.69 Å². The van der Waals surface area contributed by atoms with Crippen LogP contribution in [-0.4, -0.2) is 25.8 Å². The number of hydrogen-bond donors (Lipinski definition) is 1. The third-order valence-electron chi connectivity index (χ3n) is 3.14. The quantitative estimate of drug-likeness (QED) is 0.851. The zero-order valence-corrected chi connectivity index (χ0v) is 11.7. The maximum Gasteiger partial charge on any atom is 0.244 e. The number of rotatable bonds is 2. The second kappa shape index (κ2) is 5.47. The highest BCUT2D eigenvalue weighted by Crippen LogP contribution is 2.28. The van der Waals surface area contributed by atoms with Gasteiger partial charge in [0, 0.05) is 18.8 Å². The summed E-state index contributed by atoms with van der Waals surface area (Å²) in [4.78, 5) is 0.117. The van der Waals surface area contributed by atoms with Crippen molar-refractivity contribution < 1.29 is 8.42 Å². The van der Waals surface area contributed by atoms with Gasteiger partial charge in [0.25, 0.3) is 0 Å². The number of nitrogen functional groups attached to an aromatic ring is 1. The Labute approximate surface area is 113 Å². The summed E-state index contributed by atoms with van der Waals surface area (Å²) in [5.41, 5.74) is 6.05. The second-order valence-corrected chi connectivity index (χ2v) is 6.82. The van der Waals surface area contributed by atoms with Crippen molar-refractivity contribution >= 4 is 27.3 Å². The molecule has 1 fully saturated rings. The molecule has 100 valence electrons.